The molecule has 1 aromatic heterocycles. The molecule has 1 aromatic carbocycles. The maximum absolute atomic E-state index is 5.65. The minimum absolute atomic E-state index is 0. The van der Waals surface area contributed by atoms with Crippen LogP contribution in [0.1, 0.15) is 5.69 Å². The Morgan fingerprint density at radius 3 is 2.46 bits per heavy atom. The lowest BCUT2D eigenvalue weighted by Crippen LogP contribution is -2.39. The molecule has 2 N–H and O–H groups in total. The van der Waals surface area contributed by atoms with E-state index in [9.17, 15) is 0 Å². The Balaban J connectivity index is 0.00000288. The minimum Gasteiger partial charge on any atom is -0.497 e. The second-order valence-electron chi connectivity index (χ2n) is 4.70. The Morgan fingerprint density at radius 2 is 1.83 bits per heavy atom. The number of aromatic nitrogens is 1. The van der Waals surface area contributed by atoms with Gasteiger partial charge in [0.1, 0.15) is 18.1 Å². The fraction of sp³-hybridized carbons (Fsp3) is 0.294. The first-order chi connectivity index (χ1) is 11.3. The number of pyridine rings is 1. The quantitative estimate of drug-likeness (QED) is 0.299. The van der Waals surface area contributed by atoms with Crippen LogP contribution in [0.2, 0.25) is 0 Å². The molecule has 0 unspecified atom stereocenters. The molecule has 0 aliphatic heterocycles. The Morgan fingerprint density at radius 1 is 1.08 bits per heavy atom. The molecule has 6 nitrogen and oxygen atoms in total. The molecule has 0 radical (unpaired) electrons. The highest BCUT2D eigenvalue weighted by Crippen LogP contribution is 2.16. The van der Waals surface area contributed by atoms with Gasteiger partial charge in [0.25, 0.3) is 0 Å². The normalized spacial score (nSPS) is 10.5. The van der Waals surface area contributed by atoms with Crippen molar-refractivity contribution in [2.75, 3.05) is 27.3 Å². The number of guanidine groups is 1. The molecule has 0 bridgehead atoms. The van der Waals surface area contributed by atoms with Gasteiger partial charge in [0.05, 0.1) is 25.9 Å². The number of nitrogens with one attached hydrogen (secondary N) is 2. The van der Waals surface area contributed by atoms with Crippen LogP contribution in [0.4, 0.5) is 0 Å². The van der Waals surface area contributed by atoms with Crippen LogP contribution in [0.3, 0.4) is 0 Å². The van der Waals surface area contributed by atoms with Crippen molar-refractivity contribution in [2.24, 2.45) is 4.99 Å². The Labute approximate surface area is 159 Å². The molecule has 0 fully saturated rings. The summed E-state index contributed by atoms with van der Waals surface area (Å²) in [4.78, 5) is 8.42. The largest absolute Gasteiger partial charge is 0.497 e. The van der Waals surface area contributed by atoms with Gasteiger partial charge >= 0.3 is 0 Å². The van der Waals surface area contributed by atoms with E-state index in [1.807, 2.05) is 42.5 Å². The number of benzene rings is 1. The fourth-order valence-corrected chi connectivity index (χ4v) is 1.91. The fourth-order valence-electron chi connectivity index (χ4n) is 1.91. The van der Waals surface area contributed by atoms with E-state index in [0.717, 1.165) is 17.2 Å². The van der Waals surface area contributed by atoms with Crippen molar-refractivity contribution in [3.63, 3.8) is 0 Å². The lowest BCUT2D eigenvalue weighted by atomic mass is 10.3. The summed E-state index contributed by atoms with van der Waals surface area (Å²) in [5.41, 5.74) is 0.963. The third kappa shape index (κ3) is 7.03. The van der Waals surface area contributed by atoms with E-state index < -0.39 is 0 Å². The molecule has 0 saturated carbocycles. The average Bonchev–Trinajstić information content (AvgIpc) is 2.62. The first-order valence-electron chi connectivity index (χ1n) is 7.43. The first-order valence-corrected chi connectivity index (χ1v) is 7.43. The Bertz CT molecular complexity index is 606. The van der Waals surface area contributed by atoms with Crippen molar-refractivity contribution in [1.82, 2.24) is 15.6 Å². The zero-order valence-corrected chi connectivity index (χ0v) is 16.2. The van der Waals surface area contributed by atoms with Gasteiger partial charge < -0.3 is 20.1 Å². The van der Waals surface area contributed by atoms with Crippen molar-refractivity contribution >= 4 is 29.9 Å². The van der Waals surface area contributed by atoms with Crippen molar-refractivity contribution in [2.45, 2.75) is 6.54 Å². The van der Waals surface area contributed by atoms with Crippen LogP contribution in [-0.2, 0) is 6.54 Å². The van der Waals surface area contributed by atoms with Gasteiger partial charge in [-0.25, -0.2) is 0 Å². The molecular formula is C17H23IN4O2. The third-order valence-electron chi connectivity index (χ3n) is 3.11. The molecule has 7 heteroatoms. The number of halogens is 1. The number of rotatable bonds is 7. The van der Waals surface area contributed by atoms with Gasteiger partial charge in [-0.3, -0.25) is 9.98 Å². The summed E-state index contributed by atoms with van der Waals surface area (Å²) < 4.78 is 10.8. The lowest BCUT2D eigenvalue weighted by molar-refractivity contribution is 0.321. The molecule has 1 heterocycles. The van der Waals surface area contributed by atoms with E-state index in [0.29, 0.717) is 25.7 Å². The van der Waals surface area contributed by atoms with Gasteiger partial charge in [-0.2, -0.15) is 0 Å². The van der Waals surface area contributed by atoms with Crippen LogP contribution in [0, 0.1) is 0 Å². The van der Waals surface area contributed by atoms with Crippen LogP contribution in [0.5, 0.6) is 11.5 Å². The highest BCUT2D eigenvalue weighted by atomic mass is 127. The second-order valence-corrected chi connectivity index (χ2v) is 4.70. The van der Waals surface area contributed by atoms with Crippen LogP contribution in [-0.4, -0.2) is 38.3 Å². The van der Waals surface area contributed by atoms with E-state index in [2.05, 4.69) is 20.6 Å². The highest BCUT2D eigenvalue weighted by molar-refractivity contribution is 14.0. The predicted molar refractivity (Wildman–Crippen MR) is 106 cm³/mol. The van der Waals surface area contributed by atoms with E-state index in [1.165, 1.54) is 0 Å². The Kier molecular flexibility index (Phi) is 9.59. The van der Waals surface area contributed by atoms with E-state index in [4.69, 9.17) is 9.47 Å². The molecule has 24 heavy (non-hydrogen) atoms. The molecule has 2 rings (SSSR count). The first kappa shape index (κ1) is 20.0. The third-order valence-corrected chi connectivity index (χ3v) is 3.11. The van der Waals surface area contributed by atoms with Crippen LogP contribution in [0.15, 0.2) is 53.7 Å². The highest BCUT2D eigenvalue weighted by Gasteiger charge is 1.99. The standard InChI is InChI=1S/C17H22N4O2.HI/c1-18-17(21-13-14-5-3-4-10-19-14)20-11-12-23-16-8-6-15(22-2)7-9-16;/h3-10H,11-13H2,1-2H3,(H2,18,20,21);1H. The van der Waals surface area contributed by atoms with Gasteiger partial charge in [-0.05, 0) is 36.4 Å². The van der Waals surface area contributed by atoms with Gasteiger partial charge in [0.2, 0.25) is 0 Å². The summed E-state index contributed by atoms with van der Waals surface area (Å²) in [5.74, 6) is 2.34. The number of ether oxygens (including phenoxy) is 2. The summed E-state index contributed by atoms with van der Waals surface area (Å²) in [6.45, 7) is 1.81. The van der Waals surface area contributed by atoms with Gasteiger partial charge in [-0.1, -0.05) is 6.07 Å². The summed E-state index contributed by atoms with van der Waals surface area (Å²) in [5, 5.41) is 6.40. The van der Waals surface area contributed by atoms with Gasteiger partial charge in [-0.15, -0.1) is 24.0 Å². The molecule has 0 saturated heterocycles. The summed E-state index contributed by atoms with van der Waals surface area (Å²) in [6.07, 6.45) is 1.77. The number of hydrogen-bond acceptors (Lipinski definition) is 4. The topological polar surface area (TPSA) is 67.8 Å². The molecule has 130 valence electrons. The maximum Gasteiger partial charge on any atom is 0.191 e. The number of hydrogen-bond donors (Lipinski definition) is 2. The monoisotopic (exact) mass is 442 g/mol. The van der Waals surface area contributed by atoms with Crippen molar-refractivity contribution < 1.29 is 9.47 Å². The van der Waals surface area contributed by atoms with E-state index >= 15 is 0 Å². The summed E-state index contributed by atoms with van der Waals surface area (Å²) >= 11 is 0. The van der Waals surface area contributed by atoms with Crippen LogP contribution in [0.25, 0.3) is 0 Å². The van der Waals surface area contributed by atoms with Crippen LogP contribution >= 0.6 is 24.0 Å². The molecule has 0 amide bonds. The smallest absolute Gasteiger partial charge is 0.191 e. The van der Waals surface area contributed by atoms with Gasteiger partial charge in [0.15, 0.2) is 5.96 Å². The van der Waals surface area contributed by atoms with Crippen molar-refractivity contribution in [3.05, 3.63) is 54.4 Å². The maximum atomic E-state index is 5.65. The summed E-state index contributed by atoms with van der Waals surface area (Å²) in [6, 6.07) is 13.3. The predicted octanol–water partition coefficient (Wildman–Crippen LogP) is 2.45. The van der Waals surface area contributed by atoms with Gasteiger partial charge in [0, 0.05) is 13.2 Å². The van der Waals surface area contributed by atoms with E-state index in [1.54, 1.807) is 20.4 Å². The second kappa shape index (κ2) is 11.5. The molecule has 0 spiro atoms. The average molecular weight is 442 g/mol. The molecule has 2 aromatic rings. The van der Waals surface area contributed by atoms with Crippen LogP contribution < -0.4 is 20.1 Å². The zero-order valence-electron chi connectivity index (χ0n) is 13.9. The zero-order chi connectivity index (χ0) is 16.3. The van der Waals surface area contributed by atoms with Crippen molar-refractivity contribution in [3.8, 4) is 11.5 Å². The minimum atomic E-state index is 0. The molecule has 0 aliphatic rings. The van der Waals surface area contributed by atoms with Crippen molar-refractivity contribution in [1.29, 1.82) is 0 Å². The Hall–Kier alpha value is -2.03. The molecule has 0 atom stereocenters. The number of nitrogens with zero attached hydrogens (tertiary/aromatic N) is 2. The molecular weight excluding hydrogens is 419 g/mol. The number of aliphatic imine (C=N–C) groups is 1. The lowest BCUT2D eigenvalue weighted by Gasteiger charge is -2.12. The molecule has 0 aliphatic carbocycles. The summed E-state index contributed by atoms with van der Waals surface area (Å²) in [7, 11) is 3.38. The number of methoxy groups -OCH3 is 1. The SMILES string of the molecule is CN=C(NCCOc1ccc(OC)cc1)NCc1ccccn1.I. The van der Waals surface area contributed by atoms with E-state index in [-0.39, 0.29) is 24.0 Å².